The lowest BCUT2D eigenvalue weighted by Gasteiger charge is -2.46. The van der Waals surface area contributed by atoms with E-state index in [1.165, 1.54) is 0 Å². The molecule has 1 N–H and O–H groups in total. The lowest BCUT2D eigenvalue weighted by molar-refractivity contribution is -0.295. The van der Waals surface area contributed by atoms with E-state index in [1.54, 1.807) is 0 Å². The Morgan fingerprint density at radius 3 is 2.28 bits per heavy atom. The summed E-state index contributed by atoms with van der Waals surface area (Å²) in [6.07, 6.45) is 4.37. The first-order chi connectivity index (χ1) is 20.2. The Bertz CT molecular complexity index is 1290. The summed E-state index contributed by atoms with van der Waals surface area (Å²) in [5, 5.41) is 10.9. The molecule has 2 aliphatic carbocycles. The van der Waals surface area contributed by atoms with Crippen LogP contribution in [-0.4, -0.2) is 50.2 Å². The predicted octanol–water partition coefficient (Wildman–Crippen LogP) is 7.39. The van der Waals surface area contributed by atoms with Crippen molar-refractivity contribution in [3.8, 4) is 0 Å². The third-order valence-electron chi connectivity index (χ3n) is 11.0. The van der Waals surface area contributed by atoms with Crippen molar-refractivity contribution in [3.63, 3.8) is 0 Å². The maximum Gasteiger partial charge on any atom is 0.191 e. The number of fused-ring (bicyclic) bond motifs is 2. The van der Waals surface area contributed by atoms with E-state index in [4.69, 9.17) is 18.6 Å². The first-order valence-electron chi connectivity index (χ1n) is 15.8. The van der Waals surface area contributed by atoms with Crippen molar-refractivity contribution < 1.29 is 28.5 Å². The van der Waals surface area contributed by atoms with Gasteiger partial charge in [-0.05, 0) is 54.3 Å². The van der Waals surface area contributed by atoms with Crippen LogP contribution in [0.1, 0.15) is 71.3 Å². The van der Waals surface area contributed by atoms with Gasteiger partial charge in [0.2, 0.25) is 0 Å². The fraction of sp³-hybridized carbons (Fsp3) is 0.583. The normalized spacial score (nSPS) is 32.5. The molecule has 0 amide bonds. The molecule has 0 unspecified atom stereocenters. The van der Waals surface area contributed by atoms with Crippen LogP contribution in [0.3, 0.4) is 0 Å². The van der Waals surface area contributed by atoms with Gasteiger partial charge in [0.15, 0.2) is 20.4 Å². The highest BCUT2D eigenvalue weighted by Gasteiger charge is 2.67. The molecule has 43 heavy (non-hydrogen) atoms. The zero-order valence-electron chi connectivity index (χ0n) is 27.0. The van der Waals surface area contributed by atoms with Gasteiger partial charge in [-0.1, -0.05) is 107 Å². The van der Waals surface area contributed by atoms with Crippen molar-refractivity contribution in [1.82, 2.24) is 0 Å². The molecule has 0 aromatic heterocycles. The smallest absolute Gasteiger partial charge is 0.191 e. The van der Waals surface area contributed by atoms with Gasteiger partial charge in [-0.25, -0.2) is 0 Å². The number of ketones is 1. The highest BCUT2D eigenvalue weighted by Crippen LogP contribution is 2.64. The SMILES string of the molecule is CC1(C)[C@@H]2CC[C@@]1(/C=C/[C@]1(OCc3ccccc3)CO[C@@H](c3ccccc3)O[C@H]1CCO[Si](C)(C)C(C)(C)C)C(=O)[C@@H]2O. The van der Waals surface area contributed by atoms with Crippen LogP contribution in [0.5, 0.6) is 0 Å². The number of allylic oxidation sites excluding steroid dienone is 1. The molecule has 6 nitrogen and oxygen atoms in total. The van der Waals surface area contributed by atoms with Gasteiger partial charge in [-0.2, -0.15) is 0 Å². The summed E-state index contributed by atoms with van der Waals surface area (Å²) in [5.74, 6) is -0.123. The minimum Gasteiger partial charge on any atom is -0.417 e. The highest BCUT2D eigenvalue weighted by atomic mass is 28.4. The average molecular weight is 607 g/mol. The molecule has 3 fully saturated rings. The average Bonchev–Trinajstić information content (AvgIpc) is 3.31. The zero-order chi connectivity index (χ0) is 31.1. The molecule has 2 saturated carbocycles. The Morgan fingerprint density at radius 2 is 1.67 bits per heavy atom. The topological polar surface area (TPSA) is 74.2 Å². The minimum atomic E-state index is -1.99. The molecule has 7 heteroatoms. The van der Waals surface area contributed by atoms with Gasteiger partial charge in [0, 0.05) is 12.2 Å². The second-order valence-corrected chi connectivity index (χ2v) is 19.6. The van der Waals surface area contributed by atoms with Gasteiger partial charge in [0.25, 0.3) is 0 Å². The van der Waals surface area contributed by atoms with E-state index in [1.807, 2.05) is 72.8 Å². The molecular formula is C36H50O6Si. The largest absolute Gasteiger partial charge is 0.417 e. The second kappa shape index (κ2) is 12.0. The highest BCUT2D eigenvalue weighted by molar-refractivity contribution is 6.74. The predicted molar refractivity (Wildman–Crippen MR) is 171 cm³/mol. The van der Waals surface area contributed by atoms with E-state index in [-0.39, 0.29) is 28.8 Å². The van der Waals surface area contributed by atoms with E-state index >= 15 is 0 Å². The maximum atomic E-state index is 13.5. The Balaban J connectivity index is 1.50. The Labute approximate surface area is 258 Å². The van der Waals surface area contributed by atoms with Crippen LogP contribution in [0, 0.1) is 16.7 Å². The molecule has 0 radical (unpaired) electrons. The maximum absolute atomic E-state index is 13.5. The number of ether oxygens (including phenoxy) is 3. The summed E-state index contributed by atoms with van der Waals surface area (Å²) in [5.41, 5.74) is -0.0768. The number of rotatable bonds is 10. The Kier molecular flexibility index (Phi) is 9.00. The molecule has 5 rings (SSSR count). The Morgan fingerprint density at radius 1 is 1.02 bits per heavy atom. The lowest BCUT2D eigenvalue weighted by Crippen LogP contribution is -2.54. The summed E-state index contributed by atoms with van der Waals surface area (Å²) in [4.78, 5) is 13.5. The van der Waals surface area contributed by atoms with Crippen molar-refractivity contribution >= 4 is 14.1 Å². The molecule has 2 aromatic carbocycles. The van der Waals surface area contributed by atoms with Gasteiger partial charge in [0.05, 0.1) is 24.7 Å². The lowest BCUT2D eigenvalue weighted by atomic mass is 9.68. The third-order valence-corrected chi connectivity index (χ3v) is 15.6. The number of aliphatic hydroxyl groups excluding tert-OH is 1. The number of benzene rings is 2. The summed E-state index contributed by atoms with van der Waals surface area (Å²) in [7, 11) is -1.99. The molecule has 3 aliphatic rings. The molecule has 6 atom stereocenters. The Hall–Kier alpha value is -2.13. The number of hydrogen-bond acceptors (Lipinski definition) is 6. The van der Waals surface area contributed by atoms with Gasteiger partial charge >= 0.3 is 0 Å². The van der Waals surface area contributed by atoms with Gasteiger partial charge in [0.1, 0.15) is 11.7 Å². The number of carbonyl (C=O) groups is 1. The van der Waals surface area contributed by atoms with Gasteiger partial charge in [-0.15, -0.1) is 0 Å². The summed E-state index contributed by atoms with van der Waals surface area (Å²) in [6.45, 7) is 16.6. The van der Waals surface area contributed by atoms with Crippen LogP contribution in [0.25, 0.3) is 0 Å². The fourth-order valence-corrected chi connectivity index (χ4v) is 8.03. The monoisotopic (exact) mass is 606 g/mol. The quantitative estimate of drug-likeness (QED) is 0.225. The summed E-state index contributed by atoms with van der Waals surface area (Å²) in [6, 6.07) is 20.1. The molecule has 1 saturated heterocycles. The molecule has 1 heterocycles. The minimum absolute atomic E-state index is 0.0408. The van der Waals surface area contributed by atoms with Crippen LogP contribution >= 0.6 is 0 Å². The van der Waals surface area contributed by atoms with Crippen molar-refractivity contribution in [2.45, 2.75) is 103 Å². The van der Waals surface area contributed by atoms with E-state index in [9.17, 15) is 9.90 Å². The molecule has 234 valence electrons. The van der Waals surface area contributed by atoms with E-state index < -0.39 is 37.8 Å². The third kappa shape index (κ3) is 5.97. The second-order valence-electron chi connectivity index (χ2n) is 14.8. The molecular weight excluding hydrogens is 556 g/mol. The number of Topliss-reactive ketones (excluding diaryl/α,β-unsaturated/α-hetero) is 1. The standard InChI is InChI=1S/C36H50O6Si/c1-33(2,3)43(6,7)41-23-19-29-36(40-24-26-14-10-8-11-15-26,25-39-32(42-29)27-16-12-9-13-17-27)22-21-35-20-18-28(34(35,4)5)30(37)31(35)38/h8-17,21-22,28-30,32,37H,18-20,23-25H2,1-7H3/b22-21+/t28-,29+,30-,32-,35-,36+/m1/s1. The van der Waals surface area contributed by atoms with Crippen LogP contribution in [0.4, 0.5) is 0 Å². The van der Waals surface area contributed by atoms with E-state index in [0.29, 0.717) is 19.6 Å². The van der Waals surface area contributed by atoms with Crippen molar-refractivity contribution in [3.05, 3.63) is 83.9 Å². The van der Waals surface area contributed by atoms with Crippen LogP contribution in [0.2, 0.25) is 18.1 Å². The summed E-state index contributed by atoms with van der Waals surface area (Å²) >= 11 is 0. The van der Waals surface area contributed by atoms with Crippen molar-refractivity contribution in [2.75, 3.05) is 13.2 Å². The first kappa shape index (κ1) is 32.3. The summed E-state index contributed by atoms with van der Waals surface area (Å²) < 4.78 is 26.7. The number of aliphatic hydroxyl groups is 1. The molecule has 0 spiro atoms. The molecule has 2 bridgehead atoms. The fourth-order valence-electron chi connectivity index (χ4n) is 6.97. The zero-order valence-corrected chi connectivity index (χ0v) is 28.0. The first-order valence-corrected chi connectivity index (χ1v) is 18.7. The van der Waals surface area contributed by atoms with Crippen LogP contribution in [-0.2, 0) is 30.0 Å². The van der Waals surface area contributed by atoms with Gasteiger partial charge < -0.3 is 23.7 Å². The number of hydrogen-bond donors (Lipinski definition) is 1. The molecule has 1 aliphatic heterocycles. The van der Waals surface area contributed by atoms with Gasteiger partial charge in [-0.3, -0.25) is 4.79 Å². The van der Waals surface area contributed by atoms with Crippen LogP contribution in [0.15, 0.2) is 72.8 Å². The van der Waals surface area contributed by atoms with Crippen molar-refractivity contribution in [2.24, 2.45) is 16.7 Å². The van der Waals surface area contributed by atoms with E-state index in [2.05, 4.69) is 47.7 Å². The van der Waals surface area contributed by atoms with E-state index in [0.717, 1.165) is 24.0 Å². The van der Waals surface area contributed by atoms with Crippen LogP contribution < -0.4 is 0 Å². The number of carbonyl (C=O) groups excluding carboxylic acids is 1. The molecule has 2 aromatic rings. The van der Waals surface area contributed by atoms with Crippen molar-refractivity contribution in [1.29, 1.82) is 0 Å².